The van der Waals surface area contributed by atoms with E-state index in [1.807, 2.05) is 24.3 Å². The summed E-state index contributed by atoms with van der Waals surface area (Å²) in [6.07, 6.45) is 1.72. The van der Waals surface area contributed by atoms with Crippen molar-refractivity contribution in [3.63, 3.8) is 0 Å². The monoisotopic (exact) mass is 340 g/mol. The summed E-state index contributed by atoms with van der Waals surface area (Å²) in [4.78, 5) is 26.6. The lowest BCUT2D eigenvalue weighted by molar-refractivity contribution is 0.219. The Morgan fingerprint density at radius 2 is 2.17 bits per heavy atom. The van der Waals surface area contributed by atoms with E-state index in [0.29, 0.717) is 25.6 Å². The van der Waals surface area contributed by atoms with Gasteiger partial charge in [0.25, 0.3) is 0 Å². The van der Waals surface area contributed by atoms with Crippen LogP contribution in [-0.4, -0.2) is 52.1 Å². The number of rotatable bonds is 5. The largest absolute Gasteiger partial charge is 0.352 e. The molecule has 1 fully saturated rings. The highest BCUT2D eigenvalue weighted by molar-refractivity contribution is 7.21. The van der Waals surface area contributed by atoms with Gasteiger partial charge in [0.2, 0.25) is 5.95 Å². The second-order valence-corrected chi connectivity index (χ2v) is 6.43. The second kappa shape index (κ2) is 6.40. The van der Waals surface area contributed by atoms with E-state index in [2.05, 4.69) is 31.7 Å². The summed E-state index contributed by atoms with van der Waals surface area (Å²) in [7, 11) is 0. The van der Waals surface area contributed by atoms with Gasteiger partial charge in [-0.05, 0) is 18.2 Å². The predicted molar refractivity (Wildman–Crippen MR) is 94.1 cm³/mol. The van der Waals surface area contributed by atoms with Gasteiger partial charge in [0.15, 0.2) is 0 Å². The summed E-state index contributed by atoms with van der Waals surface area (Å²) < 4.78 is 1.14. The van der Waals surface area contributed by atoms with E-state index in [1.54, 1.807) is 22.4 Å². The van der Waals surface area contributed by atoms with Crippen LogP contribution in [0.1, 0.15) is 0 Å². The van der Waals surface area contributed by atoms with E-state index >= 15 is 0 Å². The normalized spacial score (nSPS) is 14.2. The zero-order valence-corrected chi connectivity index (χ0v) is 13.7. The molecule has 1 aliphatic rings. The van der Waals surface area contributed by atoms with Crippen LogP contribution >= 0.6 is 11.3 Å². The number of carbonyl (C=O) groups excluding carboxylic acids is 1. The molecule has 8 heteroatoms. The first-order valence-electron chi connectivity index (χ1n) is 7.75. The van der Waals surface area contributed by atoms with Crippen LogP contribution in [0.15, 0.2) is 36.5 Å². The van der Waals surface area contributed by atoms with Gasteiger partial charge in [-0.3, -0.25) is 0 Å². The molecule has 0 bridgehead atoms. The van der Waals surface area contributed by atoms with Crippen LogP contribution in [0.5, 0.6) is 0 Å². The van der Waals surface area contributed by atoms with Crippen LogP contribution < -0.4 is 10.6 Å². The molecule has 0 spiro atoms. The molecule has 24 heavy (non-hydrogen) atoms. The van der Waals surface area contributed by atoms with Gasteiger partial charge in [0.1, 0.15) is 10.7 Å². The number of carbonyl (C=O) groups is 1. The van der Waals surface area contributed by atoms with Crippen LogP contribution in [0.3, 0.4) is 0 Å². The molecule has 0 atom stereocenters. The van der Waals surface area contributed by atoms with Crippen molar-refractivity contribution in [3.8, 4) is 10.7 Å². The van der Waals surface area contributed by atoms with Crippen molar-refractivity contribution in [2.75, 3.05) is 31.5 Å². The molecule has 1 aromatic carbocycles. The Hall–Kier alpha value is -2.74. The van der Waals surface area contributed by atoms with Crippen molar-refractivity contribution in [1.82, 2.24) is 25.2 Å². The number of thiazole rings is 1. The maximum absolute atomic E-state index is 11.5. The Kier molecular flexibility index (Phi) is 3.96. The average molecular weight is 340 g/mol. The number of nitrogens with zero attached hydrogens (tertiary/aromatic N) is 4. The summed E-state index contributed by atoms with van der Waals surface area (Å²) in [6.45, 7) is 2.69. The highest BCUT2D eigenvalue weighted by atomic mass is 32.1. The summed E-state index contributed by atoms with van der Waals surface area (Å²) in [5, 5.41) is 6.83. The number of nitrogens with one attached hydrogen (secondary N) is 2. The Morgan fingerprint density at radius 1 is 1.25 bits per heavy atom. The molecule has 1 aliphatic heterocycles. The number of anilines is 1. The third-order valence-electron chi connectivity index (χ3n) is 3.78. The molecule has 3 heterocycles. The number of amides is 2. The number of urea groups is 1. The predicted octanol–water partition coefficient (Wildman–Crippen LogP) is 2.19. The van der Waals surface area contributed by atoms with E-state index in [4.69, 9.17) is 0 Å². The molecule has 3 aromatic rings. The third kappa shape index (κ3) is 3.00. The number of benzene rings is 1. The van der Waals surface area contributed by atoms with Gasteiger partial charge < -0.3 is 15.5 Å². The van der Waals surface area contributed by atoms with Gasteiger partial charge in [-0.2, -0.15) is 0 Å². The Balaban J connectivity index is 1.46. The summed E-state index contributed by atoms with van der Waals surface area (Å²) in [5.74, 6) is 0.548. The molecule has 2 aromatic heterocycles. The number of hydrogen-bond acceptors (Lipinski definition) is 6. The Bertz CT molecular complexity index is 847. The van der Waals surface area contributed by atoms with Crippen molar-refractivity contribution in [3.05, 3.63) is 36.5 Å². The first-order chi connectivity index (χ1) is 11.8. The smallest absolute Gasteiger partial charge is 0.317 e. The maximum atomic E-state index is 11.5. The van der Waals surface area contributed by atoms with Gasteiger partial charge >= 0.3 is 6.03 Å². The minimum Gasteiger partial charge on any atom is -0.352 e. The number of aromatic nitrogens is 3. The molecule has 0 aliphatic carbocycles. The number of para-hydroxylation sites is 1. The van der Waals surface area contributed by atoms with Gasteiger partial charge in [0, 0.05) is 32.4 Å². The minimum absolute atomic E-state index is 0.0130. The zero-order valence-electron chi connectivity index (χ0n) is 12.9. The number of hydrogen-bond donors (Lipinski definition) is 2. The van der Waals surface area contributed by atoms with Crippen molar-refractivity contribution in [2.45, 2.75) is 0 Å². The van der Waals surface area contributed by atoms with Gasteiger partial charge in [0.05, 0.1) is 10.2 Å². The molecule has 2 N–H and O–H groups in total. The van der Waals surface area contributed by atoms with E-state index in [0.717, 1.165) is 27.5 Å². The second-order valence-electron chi connectivity index (χ2n) is 5.40. The molecule has 122 valence electrons. The Morgan fingerprint density at radius 3 is 3.00 bits per heavy atom. The first kappa shape index (κ1) is 14.8. The van der Waals surface area contributed by atoms with Crippen molar-refractivity contribution in [1.29, 1.82) is 0 Å². The average Bonchev–Trinajstić information content (AvgIpc) is 3.21. The highest BCUT2D eigenvalue weighted by Gasteiger charge is 2.18. The molecule has 2 amide bonds. The lowest BCUT2D eigenvalue weighted by Crippen LogP contribution is -2.32. The van der Waals surface area contributed by atoms with Crippen LogP contribution in [0.25, 0.3) is 20.9 Å². The maximum Gasteiger partial charge on any atom is 0.317 e. The summed E-state index contributed by atoms with van der Waals surface area (Å²) in [6, 6.07) is 9.88. The van der Waals surface area contributed by atoms with E-state index < -0.39 is 0 Å². The molecular formula is C16H16N6OS. The van der Waals surface area contributed by atoms with E-state index in [-0.39, 0.29) is 6.03 Å². The lowest BCUT2D eigenvalue weighted by Gasteiger charge is -2.14. The lowest BCUT2D eigenvalue weighted by atomic mass is 10.3. The Labute approximate surface area is 142 Å². The van der Waals surface area contributed by atoms with Crippen LogP contribution in [-0.2, 0) is 0 Å². The SMILES string of the molecule is O=C1NCCN1CCNc1nccc(-c2nc3ccccc3s2)n1. The standard InChI is InChI=1S/C16H16N6OS/c23-16-19-8-10-22(16)9-7-18-15-17-6-5-12(21-15)14-20-11-3-1-2-4-13(11)24-14/h1-6H,7-10H2,(H,19,23)(H,17,18,21). The van der Waals surface area contributed by atoms with Gasteiger partial charge in [-0.1, -0.05) is 12.1 Å². The molecule has 7 nitrogen and oxygen atoms in total. The van der Waals surface area contributed by atoms with Crippen LogP contribution in [0.4, 0.5) is 10.7 Å². The summed E-state index contributed by atoms with van der Waals surface area (Å²) in [5.41, 5.74) is 1.78. The first-order valence-corrected chi connectivity index (χ1v) is 8.57. The fourth-order valence-electron chi connectivity index (χ4n) is 2.57. The minimum atomic E-state index is -0.0130. The van der Waals surface area contributed by atoms with Crippen LogP contribution in [0.2, 0.25) is 0 Å². The third-order valence-corrected chi connectivity index (χ3v) is 4.84. The molecule has 1 saturated heterocycles. The number of fused-ring (bicyclic) bond motifs is 1. The molecule has 0 radical (unpaired) electrons. The van der Waals surface area contributed by atoms with Crippen molar-refractivity contribution in [2.24, 2.45) is 0 Å². The van der Waals surface area contributed by atoms with Gasteiger partial charge in [-0.25, -0.2) is 19.7 Å². The molecular weight excluding hydrogens is 324 g/mol. The zero-order chi connectivity index (χ0) is 16.4. The van der Waals surface area contributed by atoms with Crippen molar-refractivity contribution < 1.29 is 4.79 Å². The topological polar surface area (TPSA) is 83.0 Å². The van der Waals surface area contributed by atoms with E-state index in [9.17, 15) is 4.79 Å². The molecule has 4 rings (SSSR count). The molecule has 0 saturated carbocycles. The van der Waals surface area contributed by atoms with Gasteiger partial charge in [-0.15, -0.1) is 11.3 Å². The quantitative estimate of drug-likeness (QED) is 0.744. The fraction of sp³-hybridized carbons (Fsp3) is 0.250. The molecule has 0 unspecified atom stereocenters. The van der Waals surface area contributed by atoms with E-state index in [1.165, 1.54) is 0 Å². The van der Waals surface area contributed by atoms with Crippen molar-refractivity contribution >= 4 is 33.5 Å². The fourth-order valence-corrected chi connectivity index (χ4v) is 3.51. The highest BCUT2D eigenvalue weighted by Crippen LogP contribution is 2.28. The summed E-state index contributed by atoms with van der Waals surface area (Å²) >= 11 is 1.61. The van der Waals surface area contributed by atoms with Crippen LogP contribution in [0, 0.1) is 0 Å².